The molecule has 0 aliphatic carbocycles. The number of nitrogens with zero attached hydrogens (tertiary/aromatic N) is 1. The zero-order valence-electron chi connectivity index (χ0n) is 11.3. The summed E-state index contributed by atoms with van der Waals surface area (Å²) in [5.41, 5.74) is 0.933. The van der Waals surface area contributed by atoms with E-state index in [1.807, 2.05) is 16.8 Å². The molecule has 1 saturated heterocycles. The van der Waals surface area contributed by atoms with E-state index in [2.05, 4.69) is 5.32 Å². The van der Waals surface area contributed by atoms with Crippen molar-refractivity contribution in [2.75, 3.05) is 0 Å². The number of thiophene rings is 1. The Morgan fingerprint density at radius 3 is 2.80 bits per heavy atom. The fourth-order valence-corrected chi connectivity index (χ4v) is 2.70. The first-order chi connectivity index (χ1) is 9.49. The minimum Gasteiger partial charge on any atom is -0.340 e. The van der Waals surface area contributed by atoms with Gasteiger partial charge in [-0.15, -0.1) is 0 Å². The number of nitrogens with one attached hydrogen (secondary N) is 1. The van der Waals surface area contributed by atoms with E-state index in [9.17, 15) is 14.4 Å². The monoisotopic (exact) mass is 292 g/mol. The van der Waals surface area contributed by atoms with Gasteiger partial charge in [0.05, 0.1) is 6.42 Å². The van der Waals surface area contributed by atoms with Crippen LogP contribution in [0.4, 0.5) is 0 Å². The van der Waals surface area contributed by atoms with Gasteiger partial charge in [0.25, 0.3) is 5.91 Å². The third kappa shape index (κ3) is 3.14. The van der Waals surface area contributed by atoms with Crippen molar-refractivity contribution < 1.29 is 14.4 Å². The first-order valence-corrected chi connectivity index (χ1v) is 7.30. The molecule has 0 radical (unpaired) electrons. The largest absolute Gasteiger partial charge is 0.340 e. The molecular formula is C14H16N2O3S. The second kappa shape index (κ2) is 6.00. The Balaban J connectivity index is 1.95. The van der Waals surface area contributed by atoms with Crippen molar-refractivity contribution in [3.8, 4) is 0 Å². The number of rotatable bonds is 4. The molecule has 0 aromatic carbocycles. The highest BCUT2D eigenvalue weighted by molar-refractivity contribution is 7.08. The lowest BCUT2D eigenvalue weighted by molar-refractivity contribution is -0.141. The molecular weight excluding hydrogens is 276 g/mol. The van der Waals surface area contributed by atoms with Gasteiger partial charge in [-0.25, -0.2) is 0 Å². The average molecular weight is 292 g/mol. The SMILES string of the molecule is CC(C)N1C(=O)CC(NC(=O)C=Cc2ccsc2)C1=O. The highest BCUT2D eigenvalue weighted by atomic mass is 32.1. The van der Waals surface area contributed by atoms with Crippen LogP contribution in [0.2, 0.25) is 0 Å². The summed E-state index contributed by atoms with van der Waals surface area (Å²) in [6, 6.07) is 0.960. The van der Waals surface area contributed by atoms with Crippen LogP contribution in [0.1, 0.15) is 25.8 Å². The lowest BCUT2D eigenvalue weighted by Gasteiger charge is -2.18. The summed E-state index contributed by atoms with van der Waals surface area (Å²) < 4.78 is 0. The maximum atomic E-state index is 12.0. The summed E-state index contributed by atoms with van der Waals surface area (Å²) in [6.07, 6.45) is 3.08. The molecule has 1 atom stereocenters. The Morgan fingerprint density at radius 2 is 2.25 bits per heavy atom. The molecule has 1 aliphatic heterocycles. The van der Waals surface area contributed by atoms with Crippen LogP contribution in [0.25, 0.3) is 6.08 Å². The van der Waals surface area contributed by atoms with Crippen LogP contribution in [-0.2, 0) is 14.4 Å². The van der Waals surface area contributed by atoms with E-state index in [0.717, 1.165) is 5.56 Å². The molecule has 20 heavy (non-hydrogen) atoms. The standard InChI is InChI=1S/C14H16N2O3S/c1-9(2)16-13(18)7-11(14(16)19)15-12(17)4-3-10-5-6-20-8-10/h3-6,8-9,11H,7H2,1-2H3,(H,15,17). The molecule has 0 bridgehead atoms. The van der Waals surface area contributed by atoms with Crippen LogP contribution in [0.5, 0.6) is 0 Å². The Kier molecular flexibility index (Phi) is 4.34. The van der Waals surface area contributed by atoms with Crippen molar-refractivity contribution >= 4 is 35.1 Å². The average Bonchev–Trinajstić information content (AvgIpc) is 2.96. The van der Waals surface area contributed by atoms with Gasteiger partial charge in [0.2, 0.25) is 11.8 Å². The van der Waals surface area contributed by atoms with Crippen molar-refractivity contribution in [2.24, 2.45) is 0 Å². The van der Waals surface area contributed by atoms with Gasteiger partial charge in [-0.3, -0.25) is 19.3 Å². The van der Waals surface area contributed by atoms with Crippen LogP contribution in [-0.4, -0.2) is 34.7 Å². The van der Waals surface area contributed by atoms with Crippen LogP contribution in [0.15, 0.2) is 22.9 Å². The fraction of sp³-hybridized carbons (Fsp3) is 0.357. The zero-order valence-corrected chi connectivity index (χ0v) is 12.1. The van der Waals surface area contributed by atoms with Gasteiger partial charge >= 0.3 is 0 Å². The van der Waals surface area contributed by atoms with Crippen LogP contribution in [0, 0.1) is 0 Å². The summed E-state index contributed by atoms with van der Waals surface area (Å²) >= 11 is 1.54. The van der Waals surface area contributed by atoms with E-state index in [0.29, 0.717) is 0 Å². The van der Waals surface area contributed by atoms with E-state index in [1.165, 1.54) is 22.3 Å². The van der Waals surface area contributed by atoms with Gasteiger partial charge in [-0.1, -0.05) is 0 Å². The van der Waals surface area contributed by atoms with Gasteiger partial charge in [-0.2, -0.15) is 11.3 Å². The number of likely N-dealkylation sites (tertiary alicyclic amines) is 1. The molecule has 1 unspecified atom stereocenters. The topological polar surface area (TPSA) is 66.5 Å². The highest BCUT2D eigenvalue weighted by Gasteiger charge is 2.40. The molecule has 0 spiro atoms. The van der Waals surface area contributed by atoms with E-state index in [4.69, 9.17) is 0 Å². The molecule has 1 aromatic heterocycles. The summed E-state index contributed by atoms with van der Waals surface area (Å²) in [7, 11) is 0. The summed E-state index contributed by atoms with van der Waals surface area (Å²) in [5.74, 6) is -0.938. The Labute approximate surface area is 121 Å². The number of imide groups is 1. The number of amides is 3. The molecule has 1 aromatic rings. The molecule has 3 amide bonds. The summed E-state index contributed by atoms with van der Waals surface area (Å²) in [6.45, 7) is 3.55. The molecule has 5 nitrogen and oxygen atoms in total. The van der Waals surface area contributed by atoms with Crippen LogP contribution < -0.4 is 5.32 Å². The summed E-state index contributed by atoms with van der Waals surface area (Å²) in [4.78, 5) is 36.6. The van der Waals surface area contributed by atoms with E-state index in [1.54, 1.807) is 19.9 Å². The van der Waals surface area contributed by atoms with E-state index >= 15 is 0 Å². The molecule has 1 N–H and O–H groups in total. The molecule has 1 fully saturated rings. The van der Waals surface area contributed by atoms with Crippen molar-refractivity contribution in [3.05, 3.63) is 28.5 Å². The maximum Gasteiger partial charge on any atom is 0.252 e. The van der Waals surface area contributed by atoms with Crippen molar-refractivity contribution in [2.45, 2.75) is 32.4 Å². The normalized spacial score (nSPS) is 19.4. The molecule has 2 heterocycles. The van der Waals surface area contributed by atoms with E-state index in [-0.39, 0.29) is 30.2 Å². The third-order valence-electron chi connectivity index (χ3n) is 2.99. The van der Waals surface area contributed by atoms with Gasteiger partial charge in [0, 0.05) is 12.1 Å². The Morgan fingerprint density at radius 1 is 1.50 bits per heavy atom. The fourth-order valence-electron chi connectivity index (χ4n) is 2.07. The Bertz CT molecular complexity index is 549. The van der Waals surface area contributed by atoms with Gasteiger partial charge in [-0.05, 0) is 42.3 Å². The van der Waals surface area contributed by atoms with Crippen molar-refractivity contribution in [1.82, 2.24) is 10.2 Å². The quantitative estimate of drug-likeness (QED) is 0.674. The molecule has 2 rings (SSSR count). The second-order valence-corrected chi connectivity index (χ2v) is 5.63. The predicted molar refractivity (Wildman–Crippen MR) is 76.9 cm³/mol. The van der Waals surface area contributed by atoms with Gasteiger partial charge < -0.3 is 5.32 Å². The number of carbonyl (C=O) groups is 3. The van der Waals surface area contributed by atoms with E-state index < -0.39 is 6.04 Å². The predicted octanol–water partition coefficient (Wildman–Crippen LogP) is 1.41. The first kappa shape index (κ1) is 14.5. The molecule has 6 heteroatoms. The highest BCUT2D eigenvalue weighted by Crippen LogP contribution is 2.16. The summed E-state index contributed by atoms with van der Waals surface area (Å²) in [5, 5.41) is 6.40. The van der Waals surface area contributed by atoms with Crippen molar-refractivity contribution in [3.63, 3.8) is 0 Å². The number of hydrogen-bond acceptors (Lipinski definition) is 4. The first-order valence-electron chi connectivity index (χ1n) is 6.35. The minimum absolute atomic E-state index is 0.0368. The maximum absolute atomic E-state index is 12.0. The molecule has 106 valence electrons. The molecule has 0 saturated carbocycles. The lowest BCUT2D eigenvalue weighted by Crippen LogP contribution is -2.43. The third-order valence-corrected chi connectivity index (χ3v) is 3.69. The minimum atomic E-state index is -0.746. The molecule has 1 aliphatic rings. The van der Waals surface area contributed by atoms with Crippen LogP contribution >= 0.6 is 11.3 Å². The Hall–Kier alpha value is -1.95. The zero-order chi connectivity index (χ0) is 14.7. The number of hydrogen-bond donors (Lipinski definition) is 1. The number of carbonyl (C=O) groups excluding carboxylic acids is 3. The lowest BCUT2D eigenvalue weighted by atomic mass is 10.2. The van der Waals surface area contributed by atoms with Crippen molar-refractivity contribution in [1.29, 1.82) is 0 Å². The second-order valence-electron chi connectivity index (χ2n) is 4.85. The smallest absolute Gasteiger partial charge is 0.252 e. The van der Waals surface area contributed by atoms with Gasteiger partial charge in [0.15, 0.2) is 0 Å². The van der Waals surface area contributed by atoms with Crippen LogP contribution in [0.3, 0.4) is 0 Å². The van der Waals surface area contributed by atoms with Gasteiger partial charge in [0.1, 0.15) is 6.04 Å².